The zero-order chi connectivity index (χ0) is 15.4. The first kappa shape index (κ1) is 13.6. The molecule has 0 bridgehead atoms. The zero-order valence-corrected chi connectivity index (χ0v) is 12.2. The Hall–Kier alpha value is -2.41. The fraction of sp³-hybridized carbons (Fsp3) is 0.143. The molecule has 2 aromatic rings. The number of nitro groups is 1. The molecule has 1 aliphatic rings. The molecule has 2 aromatic carbocycles. The minimum atomic E-state index is -3.77. The molecule has 1 aliphatic heterocycles. The Bertz CT molecular complexity index is 888. The maximum atomic E-state index is 12.7. The van der Waals surface area contributed by atoms with Crippen LogP contribution in [0.4, 0.5) is 17.1 Å². The van der Waals surface area contributed by atoms with Crippen molar-refractivity contribution >= 4 is 26.9 Å². The molecule has 0 aliphatic carbocycles. The van der Waals surface area contributed by atoms with Gasteiger partial charge >= 0.3 is 0 Å². The number of para-hydroxylation sites is 1. The van der Waals surface area contributed by atoms with Crippen LogP contribution in [0.2, 0.25) is 0 Å². The third-order valence-electron chi connectivity index (χ3n) is 3.44. The number of aryl methyl sites for hydroxylation is 2. The van der Waals surface area contributed by atoms with Gasteiger partial charge in [0.25, 0.3) is 5.69 Å². The number of nitrogens with zero attached hydrogens (tertiary/aromatic N) is 1. The monoisotopic (exact) mass is 304 g/mol. The van der Waals surface area contributed by atoms with Crippen molar-refractivity contribution < 1.29 is 13.3 Å². The Morgan fingerprint density at radius 2 is 1.90 bits per heavy atom. The Balaban J connectivity index is 2.39. The van der Waals surface area contributed by atoms with Crippen LogP contribution in [0.3, 0.4) is 0 Å². The van der Waals surface area contributed by atoms with E-state index in [1.165, 1.54) is 18.2 Å². The van der Waals surface area contributed by atoms with Crippen molar-refractivity contribution in [3.8, 4) is 0 Å². The van der Waals surface area contributed by atoms with Gasteiger partial charge in [0.1, 0.15) is 10.6 Å². The average molecular weight is 304 g/mol. The van der Waals surface area contributed by atoms with E-state index >= 15 is 0 Å². The number of benzene rings is 2. The van der Waals surface area contributed by atoms with Crippen LogP contribution in [0, 0.1) is 24.0 Å². The van der Waals surface area contributed by atoms with Gasteiger partial charge in [-0.2, -0.15) is 0 Å². The van der Waals surface area contributed by atoms with Crippen molar-refractivity contribution in [2.45, 2.75) is 23.6 Å². The van der Waals surface area contributed by atoms with Gasteiger partial charge in [0.15, 0.2) is 0 Å². The van der Waals surface area contributed by atoms with E-state index in [0.717, 1.165) is 5.56 Å². The highest BCUT2D eigenvalue weighted by Crippen LogP contribution is 2.45. The molecular weight excluding hydrogens is 292 g/mol. The summed E-state index contributed by atoms with van der Waals surface area (Å²) in [5.41, 5.74) is 1.67. The van der Waals surface area contributed by atoms with Gasteiger partial charge in [-0.1, -0.05) is 12.1 Å². The molecule has 108 valence electrons. The van der Waals surface area contributed by atoms with Crippen LogP contribution in [-0.4, -0.2) is 13.3 Å². The average Bonchev–Trinajstić information content (AvgIpc) is 2.36. The van der Waals surface area contributed by atoms with E-state index < -0.39 is 14.8 Å². The minimum absolute atomic E-state index is 0.0278. The standard InChI is InChI=1S/C14H12N2O4S/c1-8-6-9(2)14-10(7-8)15-13-11(16(17)18)4-3-5-12(13)21(14,19)20/h3-7,15H,1-2H3. The highest BCUT2D eigenvalue weighted by atomic mass is 32.2. The largest absolute Gasteiger partial charge is 0.348 e. The van der Waals surface area contributed by atoms with E-state index in [1.807, 2.05) is 6.92 Å². The summed E-state index contributed by atoms with van der Waals surface area (Å²) in [5, 5.41) is 14.0. The molecule has 6 nitrogen and oxygen atoms in total. The van der Waals surface area contributed by atoms with E-state index in [2.05, 4.69) is 5.32 Å². The number of hydrogen-bond acceptors (Lipinski definition) is 5. The lowest BCUT2D eigenvalue weighted by molar-refractivity contribution is -0.384. The number of sulfone groups is 1. The van der Waals surface area contributed by atoms with Gasteiger partial charge in [-0.15, -0.1) is 0 Å². The van der Waals surface area contributed by atoms with Gasteiger partial charge in [-0.05, 0) is 37.1 Å². The van der Waals surface area contributed by atoms with Crippen LogP contribution in [-0.2, 0) is 9.84 Å². The van der Waals surface area contributed by atoms with E-state index in [1.54, 1.807) is 19.1 Å². The van der Waals surface area contributed by atoms with Gasteiger partial charge in [0.2, 0.25) is 9.84 Å². The van der Waals surface area contributed by atoms with Gasteiger partial charge < -0.3 is 5.32 Å². The van der Waals surface area contributed by atoms with Crippen molar-refractivity contribution in [1.82, 2.24) is 0 Å². The number of hydrogen-bond donors (Lipinski definition) is 1. The van der Waals surface area contributed by atoms with E-state index in [-0.39, 0.29) is 21.2 Å². The van der Waals surface area contributed by atoms with Crippen LogP contribution in [0.1, 0.15) is 11.1 Å². The smallest absolute Gasteiger partial charge is 0.294 e. The maximum Gasteiger partial charge on any atom is 0.294 e. The van der Waals surface area contributed by atoms with Crippen molar-refractivity contribution in [1.29, 1.82) is 0 Å². The lowest BCUT2D eigenvalue weighted by Gasteiger charge is -2.23. The summed E-state index contributed by atoms with van der Waals surface area (Å²) in [6.07, 6.45) is 0. The van der Waals surface area contributed by atoms with E-state index in [4.69, 9.17) is 0 Å². The minimum Gasteiger partial charge on any atom is -0.348 e. The first-order valence-electron chi connectivity index (χ1n) is 6.23. The van der Waals surface area contributed by atoms with Crippen molar-refractivity contribution in [2.75, 3.05) is 5.32 Å². The van der Waals surface area contributed by atoms with Crippen LogP contribution in [0.15, 0.2) is 40.1 Å². The fourth-order valence-electron chi connectivity index (χ4n) is 2.67. The maximum absolute atomic E-state index is 12.7. The van der Waals surface area contributed by atoms with Gasteiger partial charge in [0, 0.05) is 6.07 Å². The van der Waals surface area contributed by atoms with Crippen LogP contribution in [0.5, 0.6) is 0 Å². The number of anilines is 2. The molecule has 0 saturated heterocycles. The third-order valence-corrected chi connectivity index (χ3v) is 5.44. The van der Waals surface area contributed by atoms with Crippen LogP contribution < -0.4 is 5.32 Å². The van der Waals surface area contributed by atoms with Crippen LogP contribution in [0.25, 0.3) is 0 Å². The van der Waals surface area contributed by atoms with E-state index in [9.17, 15) is 18.5 Å². The summed E-state index contributed by atoms with van der Waals surface area (Å²) in [6, 6.07) is 7.51. The molecule has 1 N–H and O–H groups in total. The second kappa shape index (κ2) is 4.29. The van der Waals surface area contributed by atoms with Crippen molar-refractivity contribution in [3.63, 3.8) is 0 Å². The lowest BCUT2D eigenvalue weighted by atomic mass is 10.1. The summed E-state index contributed by atoms with van der Waals surface area (Å²) in [6.45, 7) is 3.56. The summed E-state index contributed by atoms with van der Waals surface area (Å²) in [5.74, 6) is 0. The number of rotatable bonds is 1. The normalized spacial score (nSPS) is 14.8. The predicted molar refractivity (Wildman–Crippen MR) is 77.7 cm³/mol. The second-order valence-electron chi connectivity index (χ2n) is 4.99. The quantitative estimate of drug-likeness (QED) is 0.551. The Kier molecular flexibility index (Phi) is 2.77. The van der Waals surface area contributed by atoms with Crippen molar-refractivity contribution in [2.24, 2.45) is 0 Å². The van der Waals surface area contributed by atoms with Gasteiger partial charge in [0.05, 0.1) is 15.5 Å². The number of nitro benzene ring substituents is 1. The molecule has 0 radical (unpaired) electrons. The Morgan fingerprint density at radius 3 is 2.57 bits per heavy atom. The molecular formula is C14H12N2O4S. The van der Waals surface area contributed by atoms with Crippen molar-refractivity contribution in [3.05, 3.63) is 51.6 Å². The molecule has 1 heterocycles. The summed E-state index contributed by atoms with van der Waals surface area (Å²) in [7, 11) is -3.77. The molecule has 0 spiro atoms. The van der Waals surface area contributed by atoms with Gasteiger partial charge in [-0.3, -0.25) is 10.1 Å². The lowest BCUT2D eigenvalue weighted by Crippen LogP contribution is -2.16. The molecule has 0 aromatic heterocycles. The molecule has 21 heavy (non-hydrogen) atoms. The first-order chi connectivity index (χ1) is 9.82. The zero-order valence-electron chi connectivity index (χ0n) is 11.4. The third kappa shape index (κ3) is 1.89. The molecule has 0 saturated carbocycles. The summed E-state index contributed by atoms with van der Waals surface area (Å²) in [4.78, 5) is 10.6. The molecule has 0 fully saturated rings. The number of nitrogens with one attached hydrogen (secondary N) is 1. The Morgan fingerprint density at radius 1 is 1.19 bits per heavy atom. The van der Waals surface area contributed by atoms with Gasteiger partial charge in [-0.25, -0.2) is 8.42 Å². The molecule has 0 unspecified atom stereocenters. The van der Waals surface area contributed by atoms with E-state index in [0.29, 0.717) is 11.3 Å². The topological polar surface area (TPSA) is 89.3 Å². The Labute approximate surface area is 121 Å². The molecule has 7 heteroatoms. The highest BCUT2D eigenvalue weighted by Gasteiger charge is 2.35. The summed E-state index contributed by atoms with van der Waals surface area (Å²) >= 11 is 0. The number of fused-ring (bicyclic) bond motifs is 2. The van der Waals surface area contributed by atoms with Crippen LogP contribution >= 0.6 is 0 Å². The molecule has 3 rings (SSSR count). The SMILES string of the molecule is Cc1cc(C)c2c(c1)Nc1c([N+](=O)[O-])cccc1S2(=O)=O. The predicted octanol–water partition coefficient (Wildman–Crippen LogP) is 3.10. The highest BCUT2D eigenvalue weighted by molar-refractivity contribution is 7.92. The fourth-order valence-corrected chi connectivity index (χ4v) is 4.45. The molecule has 0 atom stereocenters. The first-order valence-corrected chi connectivity index (χ1v) is 7.71. The summed E-state index contributed by atoms with van der Waals surface area (Å²) < 4.78 is 25.5. The molecule has 0 amide bonds. The second-order valence-corrected chi connectivity index (χ2v) is 6.85.